The molecule has 3 rings (SSSR count). The highest BCUT2D eigenvalue weighted by molar-refractivity contribution is 5.14. The van der Waals surface area contributed by atoms with Crippen LogP contribution < -0.4 is 0 Å². The lowest BCUT2D eigenvalue weighted by Crippen LogP contribution is -2.61. The minimum Gasteiger partial charge on any atom is -0.200 e. The van der Waals surface area contributed by atoms with Crippen LogP contribution in [0.5, 0.6) is 0 Å². The predicted octanol–water partition coefficient (Wildman–Crippen LogP) is 3.03. The SMILES string of the molecule is FC1(F)CC(C2CC3(CC3)N=N2)C1(F)F. The zero-order valence-corrected chi connectivity index (χ0v) is 7.89. The molecule has 2 aliphatic carbocycles. The van der Waals surface area contributed by atoms with E-state index in [9.17, 15) is 17.6 Å². The Labute approximate surface area is 83.8 Å². The van der Waals surface area contributed by atoms with Crippen molar-refractivity contribution in [3.05, 3.63) is 0 Å². The van der Waals surface area contributed by atoms with Crippen molar-refractivity contribution in [3.63, 3.8) is 0 Å². The Kier molecular flexibility index (Phi) is 1.50. The number of alkyl halides is 4. The highest BCUT2D eigenvalue weighted by Gasteiger charge is 2.74. The third kappa shape index (κ3) is 1.10. The molecular weight excluding hydrogens is 212 g/mol. The Morgan fingerprint density at radius 1 is 1.00 bits per heavy atom. The summed E-state index contributed by atoms with van der Waals surface area (Å²) in [5, 5.41) is 7.67. The number of nitrogens with zero attached hydrogens (tertiary/aromatic N) is 2. The van der Waals surface area contributed by atoms with Gasteiger partial charge in [0.15, 0.2) is 0 Å². The second-order valence-electron chi connectivity index (χ2n) is 4.85. The zero-order chi connectivity index (χ0) is 10.9. The molecule has 2 atom stereocenters. The van der Waals surface area contributed by atoms with Gasteiger partial charge in [0.2, 0.25) is 0 Å². The summed E-state index contributed by atoms with van der Waals surface area (Å²) in [7, 11) is 0. The van der Waals surface area contributed by atoms with Crippen LogP contribution in [0, 0.1) is 5.92 Å². The summed E-state index contributed by atoms with van der Waals surface area (Å²) in [6.07, 6.45) is 1.41. The van der Waals surface area contributed by atoms with E-state index in [1.807, 2.05) is 0 Å². The standard InChI is InChI=1S/C9H10F4N2/c10-8(11)3-5(9(8,12)13)6-4-7(1-2-7)15-14-6/h5-6H,1-4H2. The molecule has 0 aromatic carbocycles. The molecule has 2 nitrogen and oxygen atoms in total. The lowest BCUT2D eigenvalue weighted by molar-refractivity contribution is -0.317. The summed E-state index contributed by atoms with van der Waals surface area (Å²) < 4.78 is 51.3. The molecule has 2 fully saturated rings. The Hall–Kier alpha value is -0.680. The van der Waals surface area contributed by atoms with Crippen LogP contribution in [0.3, 0.4) is 0 Å². The molecule has 1 spiro atoms. The fourth-order valence-corrected chi connectivity index (χ4v) is 2.40. The molecule has 3 aliphatic rings. The van der Waals surface area contributed by atoms with E-state index < -0.39 is 30.2 Å². The van der Waals surface area contributed by atoms with Crippen molar-refractivity contribution in [1.82, 2.24) is 0 Å². The van der Waals surface area contributed by atoms with Gasteiger partial charge in [-0.25, -0.2) is 0 Å². The van der Waals surface area contributed by atoms with Gasteiger partial charge in [0.05, 0.1) is 17.5 Å². The third-order valence-electron chi connectivity index (χ3n) is 3.73. The maximum Gasteiger partial charge on any atom is 0.315 e. The van der Waals surface area contributed by atoms with Crippen LogP contribution in [-0.2, 0) is 0 Å². The molecule has 2 saturated carbocycles. The van der Waals surface area contributed by atoms with Crippen molar-refractivity contribution in [1.29, 1.82) is 0 Å². The van der Waals surface area contributed by atoms with Gasteiger partial charge in [-0.05, 0) is 19.3 Å². The van der Waals surface area contributed by atoms with E-state index in [-0.39, 0.29) is 5.54 Å². The average Bonchev–Trinajstić information content (AvgIpc) is 2.74. The first kappa shape index (κ1) is 9.54. The zero-order valence-electron chi connectivity index (χ0n) is 7.89. The van der Waals surface area contributed by atoms with Gasteiger partial charge in [-0.1, -0.05) is 0 Å². The molecule has 0 saturated heterocycles. The van der Waals surface area contributed by atoms with Gasteiger partial charge >= 0.3 is 11.8 Å². The Morgan fingerprint density at radius 2 is 1.67 bits per heavy atom. The van der Waals surface area contributed by atoms with Crippen LogP contribution in [0.4, 0.5) is 17.6 Å². The number of halogens is 4. The molecule has 1 heterocycles. The smallest absolute Gasteiger partial charge is 0.200 e. The van der Waals surface area contributed by atoms with E-state index in [1.165, 1.54) is 0 Å². The maximum atomic E-state index is 13.1. The number of hydrogen-bond donors (Lipinski definition) is 0. The van der Waals surface area contributed by atoms with Crippen LogP contribution in [0.15, 0.2) is 10.2 Å². The van der Waals surface area contributed by atoms with Gasteiger partial charge in [0.25, 0.3) is 0 Å². The molecule has 0 radical (unpaired) electrons. The van der Waals surface area contributed by atoms with Crippen LogP contribution in [0.2, 0.25) is 0 Å². The molecule has 0 aromatic heterocycles. The summed E-state index contributed by atoms with van der Waals surface area (Å²) >= 11 is 0. The van der Waals surface area contributed by atoms with E-state index >= 15 is 0 Å². The molecule has 6 heteroatoms. The van der Waals surface area contributed by atoms with E-state index in [4.69, 9.17) is 0 Å². The molecule has 1 aliphatic heterocycles. The van der Waals surface area contributed by atoms with Gasteiger partial charge in [0, 0.05) is 6.42 Å². The first-order valence-corrected chi connectivity index (χ1v) is 5.04. The quantitative estimate of drug-likeness (QED) is 0.609. The van der Waals surface area contributed by atoms with Crippen LogP contribution in [0.25, 0.3) is 0 Å². The number of rotatable bonds is 1. The Balaban J connectivity index is 1.74. The van der Waals surface area contributed by atoms with Crippen molar-refractivity contribution in [3.8, 4) is 0 Å². The predicted molar refractivity (Wildman–Crippen MR) is 43.2 cm³/mol. The summed E-state index contributed by atoms with van der Waals surface area (Å²) in [5.41, 5.74) is -0.244. The molecule has 2 unspecified atom stereocenters. The van der Waals surface area contributed by atoms with Crippen LogP contribution >= 0.6 is 0 Å². The topological polar surface area (TPSA) is 24.7 Å². The molecule has 84 valence electrons. The highest BCUT2D eigenvalue weighted by Crippen LogP contribution is 2.60. The van der Waals surface area contributed by atoms with E-state index in [0.29, 0.717) is 6.42 Å². The van der Waals surface area contributed by atoms with Crippen LogP contribution in [0.1, 0.15) is 25.7 Å². The number of hydrogen-bond acceptors (Lipinski definition) is 2. The normalized spacial score (nSPS) is 42.9. The fraction of sp³-hybridized carbons (Fsp3) is 1.00. The van der Waals surface area contributed by atoms with Crippen molar-refractivity contribution in [2.24, 2.45) is 16.1 Å². The Bertz CT molecular complexity index is 335. The second-order valence-corrected chi connectivity index (χ2v) is 4.85. The monoisotopic (exact) mass is 222 g/mol. The van der Waals surface area contributed by atoms with Crippen molar-refractivity contribution >= 4 is 0 Å². The molecule has 0 N–H and O–H groups in total. The van der Waals surface area contributed by atoms with E-state index in [2.05, 4.69) is 10.2 Å². The van der Waals surface area contributed by atoms with E-state index in [1.54, 1.807) is 0 Å². The largest absolute Gasteiger partial charge is 0.315 e. The first-order chi connectivity index (χ1) is 6.86. The second kappa shape index (κ2) is 2.35. The molecule has 0 amide bonds. The van der Waals surface area contributed by atoms with Gasteiger partial charge in [0.1, 0.15) is 0 Å². The number of azo groups is 1. The minimum absolute atomic E-state index is 0.244. The van der Waals surface area contributed by atoms with Gasteiger partial charge in [-0.3, -0.25) is 0 Å². The first-order valence-electron chi connectivity index (χ1n) is 5.04. The molecular formula is C9H10F4N2. The lowest BCUT2D eigenvalue weighted by Gasteiger charge is -2.45. The fourth-order valence-electron chi connectivity index (χ4n) is 2.40. The summed E-state index contributed by atoms with van der Waals surface area (Å²) in [5.74, 6) is -9.04. The van der Waals surface area contributed by atoms with Crippen molar-refractivity contribution in [2.45, 2.75) is 49.1 Å². The van der Waals surface area contributed by atoms with Gasteiger partial charge in [-0.15, -0.1) is 0 Å². The summed E-state index contributed by atoms with van der Waals surface area (Å²) in [4.78, 5) is 0. The average molecular weight is 222 g/mol. The van der Waals surface area contributed by atoms with Crippen molar-refractivity contribution < 1.29 is 17.6 Å². The Morgan fingerprint density at radius 3 is 2.07 bits per heavy atom. The maximum absolute atomic E-state index is 13.1. The molecule has 0 bridgehead atoms. The third-order valence-corrected chi connectivity index (χ3v) is 3.73. The molecule has 15 heavy (non-hydrogen) atoms. The minimum atomic E-state index is -3.89. The highest BCUT2D eigenvalue weighted by atomic mass is 19.3. The van der Waals surface area contributed by atoms with Crippen LogP contribution in [-0.4, -0.2) is 23.4 Å². The molecule has 0 aromatic rings. The lowest BCUT2D eigenvalue weighted by atomic mass is 9.71. The van der Waals surface area contributed by atoms with Crippen molar-refractivity contribution in [2.75, 3.05) is 0 Å². The summed E-state index contributed by atoms with van der Waals surface area (Å²) in [6.45, 7) is 0. The summed E-state index contributed by atoms with van der Waals surface area (Å²) in [6, 6.07) is -0.692. The van der Waals surface area contributed by atoms with E-state index in [0.717, 1.165) is 12.8 Å². The van der Waals surface area contributed by atoms with Gasteiger partial charge in [-0.2, -0.15) is 27.8 Å². The van der Waals surface area contributed by atoms with Gasteiger partial charge < -0.3 is 0 Å².